The van der Waals surface area contributed by atoms with E-state index in [-0.39, 0.29) is 5.91 Å². The fourth-order valence-corrected chi connectivity index (χ4v) is 3.18. The van der Waals surface area contributed by atoms with E-state index >= 15 is 0 Å². The van der Waals surface area contributed by atoms with Crippen LogP contribution in [0.15, 0.2) is 72.8 Å². The third kappa shape index (κ3) is 3.40. The maximum atomic E-state index is 13.1. The quantitative estimate of drug-likeness (QED) is 0.553. The number of para-hydroxylation sites is 2. The molecule has 0 saturated heterocycles. The van der Waals surface area contributed by atoms with Crippen LogP contribution >= 0.6 is 0 Å². The Kier molecular flexibility index (Phi) is 4.34. The Labute approximate surface area is 156 Å². The van der Waals surface area contributed by atoms with Gasteiger partial charge in [0.05, 0.1) is 0 Å². The second-order valence-electron chi connectivity index (χ2n) is 6.24. The summed E-state index contributed by atoms with van der Waals surface area (Å²) in [6, 6.07) is 21.6. The van der Waals surface area contributed by atoms with Crippen molar-refractivity contribution in [3.63, 3.8) is 0 Å². The highest BCUT2D eigenvalue weighted by Gasteiger charge is 2.33. The molecule has 3 aromatic carbocycles. The van der Waals surface area contributed by atoms with E-state index < -0.39 is 11.9 Å². The van der Waals surface area contributed by atoms with Gasteiger partial charge in [0.1, 0.15) is 23.2 Å². The van der Waals surface area contributed by atoms with Gasteiger partial charge in [0.15, 0.2) is 0 Å². The van der Waals surface area contributed by atoms with Crippen molar-refractivity contribution in [1.29, 1.82) is 0 Å². The largest absolute Gasteiger partial charge is 0.457 e. The number of hydrogen-bond donors (Lipinski definition) is 1. The standard InChI is InChI=1S/C22H17NO4/c1-14(24)23-15-7-6-8-16(13-15)26-22(25)21-17-9-2-4-11-19(17)27-20-12-5-3-10-18(20)21/h2-13,21H,1H3,(H,23,24). The molecular weight excluding hydrogens is 342 g/mol. The summed E-state index contributed by atoms with van der Waals surface area (Å²) >= 11 is 0. The fraction of sp³-hybridized carbons (Fsp3) is 0.0909. The van der Waals surface area contributed by atoms with Crippen LogP contribution in [0.2, 0.25) is 0 Å². The zero-order valence-electron chi connectivity index (χ0n) is 14.6. The summed E-state index contributed by atoms with van der Waals surface area (Å²) in [5.41, 5.74) is 2.10. The molecule has 1 aliphatic rings. The van der Waals surface area contributed by atoms with Gasteiger partial charge in [0, 0.05) is 29.8 Å². The van der Waals surface area contributed by atoms with Gasteiger partial charge in [0.25, 0.3) is 0 Å². The number of hydrogen-bond acceptors (Lipinski definition) is 4. The van der Waals surface area contributed by atoms with E-state index in [1.165, 1.54) is 6.92 Å². The Balaban J connectivity index is 1.67. The molecule has 0 aliphatic carbocycles. The topological polar surface area (TPSA) is 64.6 Å². The van der Waals surface area contributed by atoms with Crippen LogP contribution in [0, 0.1) is 0 Å². The predicted molar refractivity (Wildman–Crippen MR) is 101 cm³/mol. The highest BCUT2D eigenvalue weighted by molar-refractivity contribution is 5.90. The molecule has 0 spiro atoms. The lowest BCUT2D eigenvalue weighted by atomic mass is 9.88. The monoisotopic (exact) mass is 359 g/mol. The number of benzene rings is 3. The summed E-state index contributed by atoms with van der Waals surface area (Å²) in [6.45, 7) is 1.43. The zero-order valence-corrected chi connectivity index (χ0v) is 14.6. The maximum absolute atomic E-state index is 13.1. The number of carbonyl (C=O) groups excluding carboxylic acids is 2. The van der Waals surface area contributed by atoms with Crippen molar-refractivity contribution in [3.8, 4) is 17.2 Å². The first-order valence-electron chi connectivity index (χ1n) is 8.57. The zero-order chi connectivity index (χ0) is 18.8. The van der Waals surface area contributed by atoms with E-state index in [1.54, 1.807) is 24.3 Å². The number of nitrogens with one attached hydrogen (secondary N) is 1. The van der Waals surface area contributed by atoms with Crippen molar-refractivity contribution in [2.75, 3.05) is 5.32 Å². The summed E-state index contributed by atoms with van der Waals surface area (Å²) in [4.78, 5) is 24.3. The van der Waals surface area contributed by atoms with Crippen molar-refractivity contribution >= 4 is 17.6 Å². The molecule has 3 aromatic rings. The Bertz CT molecular complexity index is 983. The van der Waals surface area contributed by atoms with Gasteiger partial charge in [-0.1, -0.05) is 42.5 Å². The van der Waals surface area contributed by atoms with Crippen molar-refractivity contribution in [3.05, 3.63) is 83.9 Å². The number of esters is 1. The molecule has 5 nitrogen and oxygen atoms in total. The van der Waals surface area contributed by atoms with Crippen molar-refractivity contribution < 1.29 is 19.1 Å². The summed E-state index contributed by atoms with van der Waals surface area (Å²) in [5, 5.41) is 2.68. The van der Waals surface area contributed by atoms with Gasteiger partial charge in [-0.15, -0.1) is 0 Å². The molecule has 0 unspecified atom stereocenters. The lowest BCUT2D eigenvalue weighted by Crippen LogP contribution is -2.23. The number of fused-ring (bicyclic) bond motifs is 2. The van der Waals surface area contributed by atoms with E-state index in [9.17, 15) is 9.59 Å². The third-order valence-corrected chi connectivity index (χ3v) is 4.29. The lowest BCUT2D eigenvalue weighted by molar-refractivity contribution is -0.135. The molecule has 134 valence electrons. The van der Waals surface area contributed by atoms with Crippen LogP contribution < -0.4 is 14.8 Å². The molecular formula is C22H17NO4. The normalized spacial score (nSPS) is 12.3. The van der Waals surface area contributed by atoms with Gasteiger partial charge in [-0.3, -0.25) is 9.59 Å². The molecule has 0 bridgehead atoms. The molecule has 5 heteroatoms. The van der Waals surface area contributed by atoms with Crippen LogP contribution in [0.1, 0.15) is 24.0 Å². The second-order valence-corrected chi connectivity index (χ2v) is 6.24. The van der Waals surface area contributed by atoms with Gasteiger partial charge in [-0.05, 0) is 24.3 Å². The SMILES string of the molecule is CC(=O)Nc1cccc(OC(=O)C2c3ccccc3Oc3ccccc32)c1. The maximum Gasteiger partial charge on any atom is 0.323 e. The summed E-state index contributed by atoms with van der Waals surface area (Å²) in [5.74, 6) is 0.475. The van der Waals surface area contributed by atoms with Crippen LogP contribution in [-0.4, -0.2) is 11.9 Å². The average Bonchev–Trinajstić information content (AvgIpc) is 2.65. The van der Waals surface area contributed by atoms with Crippen LogP contribution in [0.4, 0.5) is 5.69 Å². The minimum Gasteiger partial charge on any atom is -0.457 e. The Morgan fingerprint density at radius 2 is 1.52 bits per heavy atom. The molecule has 1 aliphatic heterocycles. The smallest absolute Gasteiger partial charge is 0.323 e. The lowest BCUT2D eigenvalue weighted by Gasteiger charge is -2.26. The molecule has 1 N–H and O–H groups in total. The molecule has 0 fully saturated rings. The van der Waals surface area contributed by atoms with Gasteiger partial charge in [-0.25, -0.2) is 0 Å². The van der Waals surface area contributed by atoms with Gasteiger partial charge in [-0.2, -0.15) is 0 Å². The number of ether oxygens (including phenoxy) is 2. The Morgan fingerprint density at radius 1 is 0.889 bits per heavy atom. The van der Waals surface area contributed by atoms with E-state index in [0.717, 1.165) is 11.1 Å². The number of anilines is 1. The summed E-state index contributed by atoms with van der Waals surface area (Å²) < 4.78 is 11.6. The number of amides is 1. The van der Waals surface area contributed by atoms with E-state index in [1.807, 2.05) is 48.5 Å². The molecule has 27 heavy (non-hydrogen) atoms. The number of rotatable bonds is 3. The molecule has 4 rings (SSSR count). The van der Waals surface area contributed by atoms with Gasteiger partial charge in [0.2, 0.25) is 5.91 Å². The average molecular weight is 359 g/mol. The van der Waals surface area contributed by atoms with Gasteiger partial charge >= 0.3 is 5.97 Å². The van der Waals surface area contributed by atoms with Crippen molar-refractivity contribution in [2.45, 2.75) is 12.8 Å². The molecule has 0 aromatic heterocycles. The Morgan fingerprint density at radius 3 is 2.15 bits per heavy atom. The van der Waals surface area contributed by atoms with E-state index in [2.05, 4.69) is 5.32 Å². The number of carbonyl (C=O) groups is 2. The first kappa shape index (κ1) is 16.8. The molecule has 0 atom stereocenters. The molecule has 0 radical (unpaired) electrons. The van der Waals surface area contributed by atoms with Crippen molar-refractivity contribution in [2.24, 2.45) is 0 Å². The Hall–Kier alpha value is -3.60. The highest BCUT2D eigenvalue weighted by Crippen LogP contribution is 2.44. The van der Waals surface area contributed by atoms with Crippen LogP contribution in [-0.2, 0) is 9.59 Å². The van der Waals surface area contributed by atoms with E-state index in [0.29, 0.717) is 22.9 Å². The highest BCUT2D eigenvalue weighted by atomic mass is 16.5. The minimum atomic E-state index is -0.587. The first-order chi connectivity index (χ1) is 13.1. The third-order valence-electron chi connectivity index (χ3n) is 4.29. The van der Waals surface area contributed by atoms with Crippen LogP contribution in [0.3, 0.4) is 0 Å². The first-order valence-corrected chi connectivity index (χ1v) is 8.57. The molecule has 1 heterocycles. The van der Waals surface area contributed by atoms with Gasteiger partial charge < -0.3 is 14.8 Å². The predicted octanol–water partition coefficient (Wildman–Crippen LogP) is 4.49. The van der Waals surface area contributed by atoms with E-state index in [4.69, 9.17) is 9.47 Å². The second kappa shape index (κ2) is 6.96. The van der Waals surface area contributed by atoms with Crippen LogP contribution in [0.25, 0.3) is 0 Å². The summed E-state index contributed by atoms with van der Waals surface area (Å²) in [6.07, 6.45) is 0. The van der Waals surface area contributed by atoms with Crippen molar-refractivity contribution in [1.82, 2.24) is 0 Å². The molecule has 1 amide bonds. The summed E-state index contributed by atoms with van der Waals surface area (Å²) in [7, 11) is 0. The van der Waals surface area contributed by atoms with Crippen LogP contribution in [0.5, 0.6) is 17.2 Å². The molecule has 0 saturated carbocycles. The minimum absolute atomic E-state index is 0.189. The fourth-order valence-electron chi connectivity index (χ4n) is 3.18.